The summed E-state index contributed by atoms with van der Waals surface area (Å²) >= 11 is 0. The quantitative estimate of drug-likeness (QED) is 0.900. The van der Waals surface area contributed by atoms with Gasteiger partial charge in [0.2, 0.25) is 0 Å². The Kier molecular flexibility index (Phi) is 3.18. The zero-order chi connectivity index (χ0) is 14.1. The van der Waals surface area contributed by atoms with Crippen LogP contribution in [-0.2, 0) is 6.42 Å². The molecular weight excluding hydrogens is 250 g/mol. The van der Waals surface area contributed by atoms with Gasteiger partial charge in [0.1, 0.15) is 0 Å². The van der Waals surface area contributed by atoms with E-state index >= 15 is 0 Å². The molecule has 3 rings (SSSR count). The van der Waals surface area contributed by atoms with Crippen molar-refractivity contribution < 1.29 is 9.90 Å². The smallest absolute Gasteiger partial charge is 0.337 e. The number of hydrogen-bond donors (Lipinski definition) is 1. The summed E-state index contributed by atoms with van der Waals surface area (Å²) in [5.41, 5.74) is 4.83. The van der Waals surface area contributed by atoms with Crippen LogP contribution in [0.5, 0.6) is 0 Å². The van der Waals surface area contributed by atoms with Crippen molar-refractivity contribution in [1.29, 1.82) is 0 Å². The van der Waals surface area contributed by atoms with E-state index in [1.165, 1.54) is 11.1 Å². The van der Waals surface area contributed by atoms with Gasteiger partial charge in [0.15, 0.2) is 0 Å². The first-order chi connectivity index (χ1) is 9.66. The van der Waals surface area contributed by atoms with Gasteiger partial charge in [-0.1, -0.05) is 29.8 Å². The first-order valence-corrected chi connectivity index (χ1v) is 6.86. The molecule has 0 fully saturated rings. The highest BCUT2D eigenvalue weighted by Crippen LogP contribution is 2.35. The number of nitrogens with zero attached hydrogens (tertiary/aromatic N) is 1. The summed E-state index contributed by atoms with van der Waals surface area (Å²) in [5.74, 6) is -0.875. The van der Waals surface area contributed by atoms with E-state index in [0.29, 0.717) is 5.56 Å². The lowest BCUT2D eigenvalue weighted by Crippen LogP contribution is -2.26. The molecule has 2 aromatic carbocycles. The van der Waals surface area contributed by atoms with E-state index in [4.69, 9.17) is 0 Å². The van der Waals surface area contributed by atoms with E-state index in [2.05, 4.69) is 30.0 Å². The van der Waals surface area contributed by atoms with E-state index < -0.39 is 5.97 Å². The first-order valence-electron chi connectivity index (χ1n) is 6.86. The molecule has 0 spiro atoms. The SMILES string of the molecule is Cc1ccc2c(c1)CCCN2c1ccccc1C(=O)O. The highest BCUT2D eigenvalue weighted by Gasteiger charge is 2.22. The van der Waals surface area contributed by atoms with Crippen molar-refractivity contribution in [3.63, 3.8) is 0 Å². The van der Waals surface area contributed by atoms with E-state index in [-0.39, 0.29) is 0 Å². The van der Waals surface area contributed by atoms with Crippen molar-refractivity contribution in [2.45, 2.75) is 19.8 Å². The Morgan fingerprint density at radius 2 is 1.95 bits per heavy atom. The van der Waals surface area contributed by atoms with Crippen LogP contribution in [0.4, 0.5) is 11.4 Å². The molecule has 0 radical (unpaired) electrons. The molecule has 20 heavy (non-hydrogen) atoms. The van der Waals surface area contributed by atoms with Crippen LogP contribution in [0, 0.1) is 6.92 Å². The van der Waals surface area contributed by atoms with Gasteiger partial charge in [0, 0.05) is 12.2 Å². The molecule has 1 aliphatic rings. The molecule has 0 atom stereocenters. The zero-order valence-corrected chi connectivity index (χ0v) is 11.5. The molecular formula is C17H17NO2. The number of carboxylic acid groups (broad SMARTS) is 1. The zero-order valence-electron chi connectivity index (χ0n) is 11.5. The molecule has 3 nitrogen and oxygen atoms in total. The lowest BCUT2D eigenvalue weighted by molar-refractivity contribution is 0.0697. The minimum absolute atomic E-state index is 0.362. The van der Waals surface area contributed by atoms with Crippen LogP contribution in [0.25, 0.3) is 0 Å². The molecule has 0 unspecified atom stereocenters. The van der Waals surface area contributed by atoms with E-state index in [9.17, 15) is 9.90 Å². The number of aromatic carboxylic acids is 1. The van der Waals surface area contributed by atoms with Crippen LogP contribution in [0.3, 0.4) is 0 Å². The van der Waals surface area contributed by atoms with Gasteiger partial charge in [-0.05, 0) is 43.5 Å². The summed E-state index contributed by atoms with van der Waals surface area (Å²) < 4.78 is 0. The molecule has 1 N–H and O–H groups in total. The average molecular weight is 267 g/mol. The summed E-state index contributed by atoms with van der Waals surface area (Å²) in [6.45, 7) is 2.95. The predicted molar refractivity (Wildman–Crippen MR) is 79.9 cm³/mol. The highest BCUT2D eigenvalue weighted by atomic mass is 16.4. The fraction of sp³-hybridized carbons (Fsp3) is 0.235. The number of aryl methyl sites for hydroxylation is 2. The third-order valence-corrected chi connectivity index (χ3v) is 3.78. The van der Waals surface area contributed by atoms with Gasteiger partial charge in [0.25, 0.3) is 0 Å². The molecule has 1 aliphatic heterocycles. The minimum Gasteiger partial charge on any atom is -0.478 e. The number of carbonyl (C=O) groups is 1. The van der Waals surface area contributed by atoms with Crippen LogP contribution in [0.1, 0.15) is 27.9 Å². The Morgan fingerprint density at radius 1 is 1.15 bits per heavy atom. The number of fused-ring (bicyclic) bond motifs is 1. The lowest BCUT2D eigenvalue weighted by Gasteiger charge is -2.32. The number of rotatable bonds is 2. The lowest BCUT2D eigenvalue weighted by atomic mass is 9.98. The Balaban J connectivity index is 2.12. The van der Waals surface area contributed by atoms with E-state index in [1.54, 1.807) is 12.1 Å². The molecule has 3 heteroatoms. The van der Waals surface area contributed by atoms with Crippen molar-refractivity contribution in [2.75, 3.05) is 11.4 Å². The van der Waals surface area contributed by atoms with Crippen LogP contribution in [-0.4, -0.2) is 17.6 Å². The summed E-state index contributed by atoms with van der Waals surface area (Å²) in [7, 11) is 0. The van der Waals surface area contributed by atoms with E-state index in [0.717, 1.165) is 30.8 Å². The van der Waals surface area contributed by atoms with Crippen molar-refractivity contribution >= 4 is 17.3 Å². The fourth-order valence-electron chi connectivity index (χ4n) is 2.87. The molecule has 102 valence electrons. The molecule has 0 saturated heterocycles. The van der Waals surface area contributed by atoms with E-state index in [1.807, 2.05) is 12.1 Å². The minimum atomic E-state index is -0.875. The van der Waals surface area contributed by atoms with Crippen molar-refractivity contribution in [3.05, 3.63) is 59.2 Å². The third-order valence-electron chi connectivity index (χ3n) is 3.78. The third kappa shape index (κ3) is 2.16. The fourth-order valence-corrected chi connectivity index (χ4v) is 2.87. The molecule has 0 amide bonds. The van der Waals surface area contributed by atoms with Crippen LogP contribution in [0.2, 0.25) is 0 Å². The highest BCUT2D eigenvalue weighted by molar-refractivity contribution is 5.95. The molecule has 1 heterocycles. The van der Waals surface area contributed by atoms with Gasteiger partial charge in [-0.3, -0.25) is 0 Å². The van der Waals surface area contributed by atoms with Crippen LogP contribution >= 0.6 is 0 Å². The maximum atomic E-state index is 11.4. The Morgan fingerprint density at radius 3 is 2.75 bits per heavy atom. The molecule has 0 aliphatic carbocycles. The Labute approximate surface area is 118 Å². The summed E-state index contributed by atoms with van der Waals surface area (Å²) in [5, 5.41) is 9.36. The largest absolute Gasteiger partial charge is 0.478 e. The summed E-state index contributed by atoms with van der Waals surface area (Å²) in [6.07, 6.45) is 2.10. The van der Waals surface area contributed by atoms with Gasteiger partial charge in [-0.15, -0.1) is 0 Å². The number of benzene rings is 2. The number of carboxylic acids is 1. The monoisotopic (exact) mass is 267 g/mol. The molecule has 0 saturated carbocycles. The molecule has 0 aromatic heterocycles. The van der Waals surface area contributed by atoms with Crippen molar-refractivity contribution in [2.24, 2.45) is 0 Å². The van der Waals surface area contributed by atoms with Crippen molar-refractivity contribution in [1.82, 2.24) is 0 Å². The predicted octanol–water partition coefficient (Wildman–Crippen LogP) is 3.78. The van der Waals surface area contributed by atoms with Crippen LogP contribution in [0.15, 0.2) is 42.5 Å². The van der Waals surface area contributed by atoms with Crippen molar-refractivity contribution in [3.8, 4) is 0 Å². The first kappa shape index (κ1) is 12.7. The summed E-state index contributed by atoms with van der Waals surface area (Å²) in [4.78, 5) is 13.5. The standard InChI is InChI=1S/C17H17NO2/c1-12-8-9-15-13(11-12)5-4-10-18(15)16-7-3-2-6-14(16)17(19)20/h2-3,6-9,11H,4-5,10H2,1H3,(H,19,20). The van der Waals surface area contributed by atoms with Gasteiger partial charge >= 0.3 is 5.97 Å². The Bertz CT molecular complexity index is 664. The van der Waals surface area contributed by atoms with Gasteiger partial charge in [0.05, 0.1) is 11.3 Å². The maximum absolute atomic E-state index is 11.4. The molecule has 2 aromatic rings. The second-order valence-corrected chi connectivity index (χ2v) is 5.21. The second kappa shape index (κ2) is 5.00. The normalized spacial score (nSPS) is 13.9. The molecule has 0 bridgehead atoms. The number of anilines is 2. The summed E-state index contributed by atoms with van der Waals surface area (Å²) in [6, 6.07) is 13.6. The number of para-hydroxylation sites is 1. The number of hydrogen-bond acceptors (Lipinski definition) is 2. The second-order valence-electron chi connectivity index (χ2n) is 5.21. The van der Waals surface area contributed by atoms with Gasteiger partial charge < -0.3 is 10.0 Å². The van der Waals surface area contributed by atoms with Gasteiger partial charge in [-0.25, -0.2) is 4.79 Å². The maximum Gasteiger partial charge on any atom is 0.337 e. The van der Waals surface area contributed by atoms with Crippen LogP contribution < -0.4 is 4.90 Å². The Hall–Kier alpha value is -2.29. The average Bonchev–Trinajstić information content (AvgIpc) is 2.46. The topological polar surface area (TPSA) is 40.5 Å². The van der Waals surface area contributed by atoms with Gasteiger partial charge in [-0.2, -0.15) is 0 Å².